The van der Waals surface area contributed by atoms with Crippen LogP contribution in [0.4, 0.5) is 0 Å². The highest BCUT2D eigenvalue weighted by Gasteiger charge is 2.29. The van der Waals surface area contributed by atoms with Crippen LogP contribution in [-0.4, -0.2) is 35.8 Å². The monoisotopic (exact) mass is 448 g/mol. The first-order valence-electron chi connectivity index (χ1n) is 11.9. The van der Waals surface area contributed by atoms with Crippen molar-refractivity contribution in [1.82, 2.24) is 10.2 Å². The number of fused-ring (bicyclic) bond motifs is 1. The lowest BCUT2D eigenvalue weighted by Gasteiger charge is -2.33. The lowest BCUT2D eigenvalue weighted by atomic mass is 9.90. The Labute approximate surface area is 200 Å². The van der Waals surface area contributed by atoms with E-state index in [9.17, 15) is 9.59 Å². The number of nitrogens with zero attached hydrogens (tertiary/aromatic N) is 1. The van der Waals surface area contributed by atoms with E-state index in [4.69, 9.17) is 0 Å². The Morgan fingerprint density at radius 3 is 1.91 bits per heavy atom. The van der Waals surface area contributed by atoms with E-state index in [-0.39, 0.29) is 23.8 Å². The maximum absolute atomic E-state index is 13.4. The summed E-state index contributed by atoms with van der Waals surface area (Å²) in [7, 11) is 0. The van der Waals surface area contributed by atoms with Crippen LogP contribution in [0.5, 0.6) is 0 Å². The van der Waals surface area contributed by atoms with Gasteiger partial charge in [-0.05, 0) is 40.8 Å². The number of hydrogen-bond donors (Lipinski definition) is 1. The van der Waals surface area contributed by atoms with Crippen molar-refractivity contribution < 1.29 is 9.59 Å². The average Bonchev–Trinajstić information content (AvgIpc) is 2.90. The van der Waals surface area contributed by atoms with Gasteiger partial charge in [0.2, 0.25) is 5.91 Å². The smallest absolute Gasteiger partial charge is 0.254 e. The fraction of sp³-hybridized carbons (Fsp3) is 0.200. The SMILES string of the molecule is O=C(NC1CCN(C(=O)c2cccc3ccccc23)CC1)C(c1ccccc1)c1ccccc1. The molecule has 4 aromatic rings. The van der Waals surface area contributed by atoms with E-state index in [1.807, 2.05) is 108 Å². The Morgan fingerprint density at radius 1 is 0.706 bits per heavy atom. The number of carbonyl (C=O) groups excluding carboxylic acids is 2. The number of nitrogens with one attached hydrogen (secondary N) is 1. The number of piperidine rings is 1. The molecule has 1 saturated heterocycles. The summed E-state index contributed by atoms with van der Waals surface area (Å²) in [6.45, 7) is 1.27. The standard InChI is InChI=1S/C30H28N2O2/c33-29(28(23-11-3-1-4-12-23)24-13-5-2-6-14-24)31-25-18-20-32(21-19-25)30(34)27-17-9-15-22-10-7-8-16-26(22)27/h1-17,25,28H,18-21H2,(H,31,33). The van der Waals surface area contributed by atoms with Gasteiger partial charge in [0.25, 0.3) is 5.91 Å². The maximum Gasteiger partial charge on any atom is 0.254 e. The van der Waals surface area contributed by atoms with Gasteiger partial charge in [0.1, 0.15) is 0 Å². The summed E-state index contributed by atoms with van der Waals surface area (Å²) in [5.41, 5.74) is 2.71. The fourth-order valence-electron chi connectivity index (χ4n) is 4.88. The number of benzene rings is 4. The fourth-order valence-corrected chi connectivity index (χ4v) is 4.88. The first kappa shape index (κ1) is 21.9. The van der Waals surface area contributed by atoms with Crippen LogP contribution in [0, 0.1) is 0 Å². The second-order valence-corrected chi connectivity index (χ2v) is 8.86. The molecule has 0 unspecified atom stereocenters. The van der Waals surface area contributed by atoms with Gasteiger partial charge < -0.3 is 10.2 Å². The number of rotatable bonds is 5. The lowest BCUT2D eigenvalue weighted by Crippen LogP contribution is -2.47. The summed E-state index contributed by atoms with van der Waals surface area (Å²) in [5.74, 6) is -0.276. The van der Waals surface area contributed by atoms with Crippen LogP contribution in [0.25, 0.3) is 10.8 Å². The summed E-state index contributed by atoms with van der Waals surface area (Å²) in [6, 6.07) is 33.7. The minimum atomic E-state index is -0.349. The molecule has 1 N–H and O–H groups in total. The van der Waals surface area contributed by atoms with E-state index >= 15 is 0 Å². The van der Waals surface area contributed by atoms with Gasteiger partial charge in [-0.15, -0.1) is 0 Å². The van der Waals surface area contributed by atoms with E-state index in [2.05, 4.69) is 5.32 Å². The molecular formula is C30H28N2O2. The third-order valence-electron chi connectivity index (χ3n) is 6.68. The molecule has 1 fully saturated rings. The van der Waals surface area contributed by atoms with Gasteiger partial charge in [0.15, 0.2) is 0 Å². The van der Waals surface area contributed by atoms with Gasteiger partial charge in [-0.1, -0.05) is 97.1 Å². The van der Waals surface area contributed by atoms with Crippen LogP contribution in [0.2, 0.25) is 0 Å². The Balaban J connectivity index is 1.26. The van der Waals surface area contributed by atoms with Crippen molar-refractivity contribution in [1.29, 1.82) is 0 Å². The van der Waals surface area contributed by atoms with Crippen LogP contribution in [0.15, 0.2) is 103 Å². The molecule has 4 nitrogen and oxygen atoms in total. The van der Waals surface area contributed by atoms with Crippen LogP contribution >= 0.6 is 0 Å². The van der Waals surface area contributed by atoms with Crippen molar-refractivity contribution in [2.24, 2.45) is 0 Å². The minimum absolute atomic E-state index is 0.0104. The largest absolute Gasteiger partial charge is 0.352 e. The molecule has 4 aromatic carbocycles. The molecule has 2 amide bonds. The summed E-state index contributed by atoms with van der Waals surface area (Å²) >= 11 is 0. The van der Waals surface area contributed by atoms with Crippen LogP contribution in [-0.2, 0) is 4.79 Å². The topological polar surface area (TPSA) is 49.4 Å². The van der Waals surface area contributed by atoms with Crippen molar-refractivity contribution in [3.8, 4) is 0 Å². The van der Waals surface area contributed by atoms with Gasteiger partial charge >= 0.3 is 0 Å². The molecule has 1 aliphatic heterocycles. The van der Waals surface area contributed by atoms with Gasteiger partial charge in [0, 0.05) is 24.7 Å². The van der Waals surface area contributed by atoms with Crippen molar-refractivity contribution in [2.45, 2.75) is 24.8 Å². The van der Waals surface area contributed by atoms with Gasteiger partial charge in [-0.25, -0.2) is 0 Å². The van der Waals surface area contributed by atoms with Gasteiger partial charge in [0.05, 0.1) is 5.92 Å². The van der Waals surface area contributed by atoms with Crippen LogP contribution in [0.1, 0.15) is 40.2 Å². The molecule has 0 spiro atoms. The number of carbonyl (C=O) groups is 2. The molecule has 5 rings (SSSR count). The quantitative estimate of drug-likeness (QED) is 0.445. The minimum Gasteiger partial charge on any atom is -0.352 e. The second-order valence-electron chi connectivity index (χ2n) is 8.86. The summed E-state index contributed by atoms with van der Waals surface area (Å²) < 4.78 is 0. The first-order chi connectivity index (χ1) is 16.7. The molecule has 0 saturated carbocycles. The van der Waals surface area contributed by atoms with Gasteiger partial charge in [-0.2, -0.15) is 0 Å². The van der Waals surface area contributed by atoms with Crippen LogP contribution < -0.4 is 5.32 Å². The Bertz CT molecular complexity index is 1230. The normalized spacial score (nSPS) is 14.3. The maximum atomic E-state index is 13.4. The molecule has 0 aromatic heterocycles. The van der Waals surface area contributed by atoms with Crippen molar-refractivity contribution in [3.63, 3.8) is 0 Å². The highest BCUT2D eigenvalue weighted by atomic mass is 16.2. The number of likely N-dealkylation sites (tertiary alicyclic amines) is 1. The molecule has 170 valence electrons. The third kappa shape index (κ3) is 4.58. The molecule has 0 bridgehead atoms. The Kier molecular flexibility index (Phi) is 6.39. The third-order valence-corrected chi connectivity index (χ3v) is 6.68. The molecule has 0 radical (unpaired) electrons. The molecule has 1 heterocycles. The molecule has 34 heavy (non-hydrogen) atoms. The zero-order chi connectivity index (χ0) is 23.3. The Morgan fingerprint density at radius 2 is 1.26 bits per heavy atom. The summed E-state index contributed by atoms with van der Waals surface area (Å²) in [4.78, 5) is 28.6. The van der Waals surface area contributed by atoms with E-state index in [0.717, 1.165) is 40.3 Å². The second kappa shape index (κ2) is 9.92. The summed E-state index contributed by atoms with van der Waals surface area (Å²) in [6.07, 6.45) is 1.50. The van der Waals surface area contributed by atoms with Crippen molar-refractivity contribution in [3.05, 3.63) is 120 Å². The van der Waals surface area contributed by atoms with E-state index in [0.29, 0.717) is 13.1 Å². The molecular weight excluding hydrogens is 420 g/mol. The highest BCUT2D eigenvalue weighted by Crippen LogP contribution is 2.26. The van der Waals surface area contributed by atoms with Crippen molar-refractivity contribution >= 4 is 22.6 Å². The van der Waals surface area contributed by atoms with Gasteiger partial charge in [-0.3, -0.25) is 9.59 Å². The summed E-state index contributed by atoms with van der Waals surface area (Å²) in [5, 5.41) is 5.33. The first-order valence-corrected chi connectivity index (χ1v) is 11.9. The number of amides is 2. The van der Waals surface area contributed by atoms with Crippen molar-refractivity contribution in [2.75, 3.05) is 13.1 Å². The van der Waals surface area contributed by atoms with E-state index in [1.54, 1.807) is 0 Å². The molecule has 1 aliphatic rings. The van der Waals surface area contributed by atoms with E-state index in [1.165, 1.54) is 0 Å². The molecule has 0 aliphatic carbocycles. The molecule has 4 heteroatoms. The zero-order valence-electron chi connectivity index (χ0n) is 19.1. The average molecular weight is 449 g/mol. The zero-order valence-corrected chi connectivity index (χ0v) is 19.1. The predicted octanol–water partition coefficient (Wildman–Crippen LogP) is 5.39. The lowest BCUT2D eigenvalue weighted by molar-refractivity contribution is -0.122. The Hall–Kier alpha value is -3.92. The van der Waals surface area contributed by atoms with E-state index < -0.39 is 0 Å². The number of hydrogen-bond acceptors (Lipinski definition) is 2. The highest BCUT2D eigenvalue weighted by molar-refractivity contribution is 6.07. The van der Waals surface area contributed by atoms with Crippen LogP contribution in [0.3, 0.4) is 0 Å². The predicted molar refractivity (Wildman–Crippen MR) is 136 cm³/mol. The molecule has 0 atom stereocenters.